The van der Waals surface area contributed by atoms with Gasteiger partial charge in [-0.1, -0.05) is 42.5 Å². The van der Waals surface area contributed by atoms with E-state index in [0.717, 1.165) is 43.5 Å². The van der Waals surface area contributed by atoms with E-state index in [1.165, 1.54) is 11.3 Å². The molecule has 0 bridgehead atoms. The van der Waals surface area contributed by atoms with Crippen molar-refractivity contribution < 1.29 is 4.79 Å². The number of hydrogen-bond donors (Lipinski definition) is 0. The Balaban J connectivity index is 1.51. The molecule has 1 fully saturated rings. The Morgan fingerprint density at radius 3 is 2.58 bits per heavy atom. The molecule has 0 radical (unpaired) electrons. The summed E-state index contributed by atoms with van der Waals surface area (Å²) in [4.78, 5) is 21.8. The summed E-state index contributed by atoms with van der Waals surface area (Å²) in [5.41, 5.74) is 3.96. The highest BCUT2D eigenvalue weighted by molar-refractivity contribution is 5.95. The Morgan fingerprint density at radius 2 is 1.69 bits per heavy atom. The molecule has 0 N–H and O–H groups in total. The third kappa shape index (κ3) is 3.27. The van der Waals surface area contributed by atoms with Crippen LogP contribution < -0.4 is 4.90 Å². The lowest BCUT2D eigenvalue weighted by Gasteiger charge is -2.25. The molecular weight excluding hydrogens is 322 g/mol. The number of anilines is 1. The van der Waals surface area contributed by atoms with Crippen LogP contribution in [0.1, 0.15) is 22.5 Å². The summed E-state index contributed by atoms with van der Waals surface area (Å²) >= 11 is 0. The van der Waals surface area contributed by atoms with Gasteiger partial charge in [-0.05, 0) is 37.1 Å². The first-order valence-electron chi connectivity index (χ1n) is 9.18. The average Bonchev–Trinajstić information content (AvgIpc) is 2.93. The summed E-state index contributed by atoms with van der Waals surface area (Å²) in [5.74, 6) is 0.0300. The second-order valence-corrected chi connectivity index (χ2v) is 6.81. The fraction of sp³-hybridized carbons (Fsp3) is 0.273. The maximum Gasteiger partial charge on any atom is 0.272 e. The van der Waals surface area contributed by atoms with Gasteiger partial charge in [0.05, 0.1) is 5.52 Å². The quantitative estimate of drug-likeness (QED) is 0.707. The van der Waals surface area contributed by atoms with E-state index >= 15 is 0 Å². The summed E-state index contributed by atoms with van der Waals surface area (Å²) in [6.07, 6.45) is 0.966. The molecule has 0 saturated carbocycles. The zero-order valence-electron chi connectivity index (χ0n) is 15.1. The van der Waals surface area contributed by atoms with Crippen molar-refractivity contribution >= 4 is 22.5 Å². The number of para-hydroxylation sites is 2. The van der Waals surface area contributed by atoms with Crippen molar-refractivity contribution in [2.45, 2.75) is 13.3 Å². The lowest BCUT2D eigenvalue weighted by atomic mass is 10.2. The Hall–Kier alpha value is -2.88. The Labute approximate surface area is 154 Å². The summed E-state index contributed by atoms with van der Waals surface area (Å²) in [6.45, 7) is 5.46. The van der Waals surface area contributed by atoms with Crippen LogP contribution >= 0.6 is 0 Å². The van der Waals surface area contributed by atoms with E-state index in [2.05, 4.69) is 41.1 Å². The zero-order valence-corrected chi connectivity index (χ0v) is 15.1. The van der Waals surface area contributed by atoms with Gasteiger partial charge in [-0.2, -0.15) is 0 Å². The standard InChI is InChI=1S/C22H23N3O/c1-17-7-2-5-10-21(17)24-13-6-14-25(16-15-24)22(26)20-12-11-18-8-3-4-9-19(18)23-20/h2-5,7-12H,6,13-16H2,1H3. The van der Waals surface area contributed by atoms with Crippen LogP contribution in [0.4, 0.5) is 5.69 Å². The lowest BCUT2D eigenvalue weighted by Crippen LogP contribution is -2.35. The molecule has 132 valence electrons. The van der Waals surface area contributed by atoms with E-state index in [1.807, 2.05) is 41.3 Å². The molecule has 2 aromatic carbocycles. The maximum atomic E-state index is 13.0. The van der Waals surface area contributed by atoms with Crippen molar-refractivity contribution in [1.82, 2.24) is 9.88 Å². The fourth-order valence-electron chi connectivity index (χ4n) is 3.63. The van der Waals surface area contributed by atoms with Gasteiger partial charge in [0.25, 0.3) is 5.91 Å². The predicted molar refractivity (Wildman–Crippen MR) is 106 cm³/mol. The number of rotatable bonds is 2. The largest absolute Gasteiger partial charge is 0.369 e. The van der Waals surface area contributed by atoms with Gasteiger partial charge in [0.15, 0.2) is 0 Å². The van der Waals surface area contributed by atoms with E-state index in [1.54, 1.807) is 0 Å². The third-order valence-corrected chi connectivity index (χ3v) is 5.06. The molecule has 0 atom stereocenters. The number of fused-ring (bicyclic) bond motifs is 1. The molecule has 26 heavy (non-hydrogen) atoms. The number of amides is 1. The summed E-state index contributed by atoms with van der Waals surface area (Å²) < 4.78 is 0. The van der Waals surface area contributed by atoms with Crippen LogP contribution in [-0.2, 0) is 0 Å². The second kappa shape index (κ2) is 7.16. The van der Waals surface area contributed by atoms with Crippen molar-refractivity contribution in [3.8, 4) is 0 Å². The summed E-state index contributed by atoms with van der Waals surface area (Å²) in [5, 5.41) is 1.06. The topological polar surface area (TPSA) is 36.4 Å². The minimum atomic E-state index is 0.0300. The van der Waals surface area contributed by atoms with E-state index in [9.17, 15) is 4.79 Å². The lowest BCUT2D eigenvalue weighted by molar-refractivity contribution is 0.0761. The van der Waals surface area contributed by atoms with Crippen molar-refractivity contribution in [1.29, 1.82) is 0 Å². The van der Waals surface area contributed by atoms with E-state index < -0.39 is 0 Å². The molecule has 1 aliphatic rings. The van der Waals surface area contributed by atoms with Gasteiger partial charge in [0.2, 0.25) is 0 Å². The van der Waals surface area contributed by atoms with Crippen LogP contribution in [0.3, 0.4) is 0 Å². The molecule has 3 aromatic rings. The average molecular weight is 345 g/mol. The number of benzene rings is 2. The van der Waals surface area contributed by atoms with Crippen LogP contribution in [-0.4, -0.2) is 42.0 Å². The van der Waals surface area contributed by atoms with Gasteiger partial charge >= 0.3 is 0 Å². The number of nitrogens with zero attached hydrogens (tertiary/aromatic N) is 3. The summed E-state index contributed by atoms with van der Waals surface area (Å²) in [6, 6.07) is 20.2. The highest BCUT2D eigenvalue weighted by atomic mass is 16.2. The van der Waals surface area contributed by atoms with Crippen molar-refractivity contribution in [3.63, 3.8) is 0 Å². The zero-order chi connectivity index (χ0) is 17.9. The molecule has 0 aliphatic carbocycles. The smallest absolute Gasteiger partial charge is 0.272 e. The van der Waals surface area contributed by atoms with Crippen molar-refractivity contribution in [2.24, 2.45) is 0 Å². The van der Waals surface area contributed by atoms with Crippen molar-refractivity contribution in [3.05, 3.63) is 71.9 Å². The number of pyridine rings is 1. The first-order valence-corrected chi connectivity index (χ1v) is 9.18. The molecule has 4 nitrogen and oxygen atoms in total. The number of hydrogen-bond acceptors (Lipinski definition) is 3. The molecule has 1 aromatic heterocycles. The first kappa shape index (κ1) is 16.6. The van der Waals surface area contributed by atoms with Gasteiger partial charge in [-0.25, -0.2) is 4.98 Å². The van der Waals surface area contributed by atoms with E-state index in [0.29, 0.717) is 5.69 Å². The third-order valence-electron chi connectivity index (χ3n) is 5.06. The van der Waals surface area contributed by atoms with Gasteiger partial charge in [0.1, 0.15) is 5.69 Å². The van der Waals surface area contributed by atoms with Crippen LogP contribution in [0, 0.1) is 6.92 Å². The predicted octanol–water partition coefficient (Wildman–Crippen LogP) is 3.90. The number of carbonyl (C=O) groups excluding carboxylic acids is 1. The summed E-state index contributed by atoms with van der Waals surface area (Å²) in [7, 11) is 0. The van der Waals surface area contributed by atoms with E-state index in [-0.39, 0.29) is 5.91 Å². The van der Waals surface area contributed by atoms with E-state index in [4.69, 9.17) is 0 Å². The monoisotopic (exact) mass is 345 g/mol. The SMILES string of the molecule is Cc1ccccc1N1CCCN(C(=O)c2ccc3ccccc3n2)CC1. The molecule has 0 unspecified atom stereocenters. The Morgan fingerprint density at radius 1 is 0.885 bits per heavy atom. The Bertz CT molecular complexity index is 937. The van der Waals surface area contributed by atoms with Gasteiger partial charge in [-0.3, -0.25) is 4.79 Å². The minimum Gasteiger partial charge on any atom is -0.369 e. The highest BCUT2D eigenvalue weighted by Crippen LogP contribution is 2.21. The second-order valence-electron chi connectivity index (χ2n) is 6.81. The first-order chi connectivity index (χ1) is 12.7. The number of carbonyl (C=O) groups is 1. The molecular formula is C22H23N3O. The molecule has 4 heteroatoms. The molecule has 0 spiro atoms. The van der Waals surface area contributed by atoms with Crippen LogP contribution in [0.25, 0.3) is 10.9 Å². The van der Waals surface area contributed by atoms with Gasteiger partial charge in [0, 0.05) is 37.3 Å². The maximum absolute atomic E-state index is 13.0. The number of aryl methyl sites for hydroxylation is 1. The highest BCUT2D eigenvalue weighted by Gasteiger charge is 2.22. The van der Waals surface area contributed by atoms with Crippen LogP contribution in [0.2, 0.25) is 0 Å². The minimum absolute atomic E-state index is 0.0300. The molecule has 1 aliphatic heterocycles. The Kier molecular flexibility index (Phi) is 4.57. The van der Waals surface area contributed by atoms with Gasteiger partial charge < -0.3 is 9.80 Å². The molecule has 1 saturated heterocycles. The number of aromatic nitrogens is 1. The molecule has 4 rings (SSSR count). The normalized spacial score (nSPS) is 15.1. The van der Waals surface area contributed by atoms with Gasteiger partial charge in [-0.15, -0.1) is 0 Å². The van der Waals surface area contributed by atoms with Crippen LogP contribution in [0.15, 0.2) is 60.7 Å². The van der Waals surface area contributed by atoms with Crippen LogP contribution in [0.5, 0.6) is 0 Å². The molecule has 2 heterocycles. The van der Waals surface area contributed by atoms with Crippen molar-refractivity contribution in [2.75, 3.05) is 31.1 Å². The fourth-order valence-corrected chi connectivity index (χ4v) is 3.63. The molecule has 1 amide bonds.